The van der Waals surface area contributed by atoms with Gasteiger partial charge in [-0.05, 0) is 66.7 Å². The number of benzene rings is 3. The molecule has 1 heterocycles. The minimum atomic E-state index is -0.668. The predicted octanol–water partition coefficient (Wildman–Crippen LogP) is 5.29. The Bertz CT molecular complexity index is 1470. The number of ether oxygens (including phenoxy) is 2. The monoisotopic (exact) mass is 561 g/mol. The maximum atomic E-state index is 12.7. The maximum absolute atomic E-state index is 12.7. The number of rotatable bonds is 8. The summed E-state index contributed by atoms with van der Waals surface area (Å²) < 4.78 is 16.3. The zero-order valence-corrected chi connectivity index (χ0v) is 21.0. The molecule has 0 aliphatic carbocycles. The van der Waals surface area contributed by atoms with E-state index in [9.17, 15) is 14.4 Å². The Kier molecular flexibility index (Phi) is 8.11. The first kappa shape index (κ1) is 25.4. The molecule has 0 fully saturated rings. The number of hydrazone groups is 1. The molecule has 0 saturated carbocycles. The molecule has 0 aliphatic heterocycles. The highest BCUT2D eigenvalue weighted by molar-refractivity contribution is 9.10. The average Bonchev–Trinajstić information content (AvgIpc) is 3.45. The molecule has 3 aromatic carbocycles. The van der Waals surface area contributed by atoms with Crippen LogP contribution in [0.25, 0.3) is 0 Å². The van der Waals surface area contributed by atoms with Crippen LogP contribution in [-0.2, 0) is 0 Å². The van der Waals surface area contributed by atoms with Crippen LogP contribution < -0.4 is 20.2 Å². The van der Waals surface area contributed by atoms with Crippen molar-refractivity contribution in [1.82, 2.24) is 5.43 Å². The number of nitrogens with one attached hydrogen (secondary N) is 2. The van der Waals surface area contributed by atoms with E-state index in [1.807, 2.05) is 0 Å². The first-order valence-corrected chi connectivity index (χ1v) is 11.7. The summed E-state index contributed by atoms with van der Waals surface area (Å²) in [7, 11) is 1.52. The van der Waals surface area contributed by atoms with E-state index < -0.39 is 11.9 Å². The summed E-state index contributed by atoms with van der Waals surface area (Å²) in [5.74, 6) is -0.678. The Morgan fingerprint density at radius 2 is 1.70 bits per heavy atom. The van der Waals surface area contributed by atoms with Crippen LogP contribution in [0.4, 0.5) is 5.69 Å². The van der Waals surface area contributed by atoms with Crippen LogP contribution in [0.1, 0.15) is 36.8 Å². The number of carbonyl (C=O) groups excluding carboxylic acids is 3. The molecular weight excluding hydrogens is 542 g/mol. The Hall–Kier alpha value is -4.70. The molecule has 4 rings (SSSR count). The van der Waals surface area contributed by atoms with Crippen molar-refractivity contribution in [2.75, 3.05) is 12.4 Å². The van der Waals surface area contributed by atoms with Crippen molar-refractivity contribution in [3.63, 3.8) is 0 Å². The second-order valence-electron chi connectivity index (χ2n) is 7.51. The Balaban J connectivity index is 1.42. The van der Waals surface area contributed by atoms with Gasteiger partial charge in [-0.1, -0.05) is 28.1 Å². The first-order valence-electron chi connectivity index (χ1n) is 10.9. The summed E-state index contributed by atoms with van der Waals surface area (Å²) in [6, 6.07) is 21.2. The van der Waals surface area contributed by atoms with E-state index >= 15 is 0 Å². The highest BCUT2D eigenvalue weighted by Gasteiger charge is 2.14. The number of furan rings is 1. The molecule has 2 amide bonds. The molecule has 1 aromatic heterocycles. The topological polar surface area (TPSA) is 119 Å². The Morgan fingerprint density at radius 3 is 2.46 bits per heavy atom. The molecule has 0 radical (unpaired) electrons. The fourth-order valence-corrected chi connectivity index (χ4v) is 3.57. The minimum Gasteiger partial charge on any atom is -0.497 e. The highest BCUT2D eigenvalue weighted by atomic mass is 79.9. The van der Waals surface area contributed by atoms with Crippen LogP contribution in [0.3, 0.4) is 0 Å². The molecule has 0 aliphatic rings. The second-order valence-corrected chi connectivity index (χ2v) is 8.43. The molecule has 10 heteroatoms. The maximum Gasteiger partial charge on any atom is 0.379 e. The van der Waals surface area contributed by atoms with Crippen molar-refractivity contribution in [3.05, 3.63) is 112 Å². The van der Waals surface area contributed by atoms with Gasteiger partial charge in [0.15, 0.2) is 0 Å². The van der Waals surface area contributed by atoms with E-state index in [0.717, 1.165) is 4.47 Å². The minimum absolute atomic E-state index is 0.0532. The van der Waals surface area contributed by atoms with Crippen LogP contribution in [0.5, 0.6) is 11.5 Å². The molecule has 2 N–H and O–H groups in total. The summed E-state index contributed by atoms with van der Waals surface area (Å²) in [6.07, 6.45) is 2.72. The van der Waals surface area contributed by atoms with Gasteiger partial charge < -0.3 is 19.2 Å². The van der Waals surface area contributed by atoms with Gasteiger partial charge in [0.1, 0.15) is 11.5 Å². The van der Waals surface area contributed by atoms with Gasteiger partial charge in [-0.3, -0.25) is 9.59 Å². The van der Waals surface area contributed by atoms with Gasteiger partial charge in [0, 0.05) is 26.9 Å². The number of hydrogen-bond donors (Lipinski definition) is 2. The SMILES string of the molecule is COc1cccc(C(=O)Nc2cccc(C(=O)NN=Cc3cc(Br)ccc3OC(=O)c3ccco3)c2)c1. The van der Waals surface area contributed by atoms with Crippen molar-refractivity contribution in [2.24, 2.45) is 5.10 Å². The summed E-state index contributed by atoms with van der Waals surface area (Å²) >= 11 is 3.36. The van der Waals surface area contributed by atoms with Gasteiger partial charge in [0.05, 0.1) is 19.6 Å². The van der Waals surface area contributed by atoms with Crippen molar-refractivity contribution < 1.29 is 28.3 Å². The van der Waals surface area contributed by atoms with Gasteiger partial charge in [0.2, 0.25) is 5.76 Å². The van der Waals surface area contributed by atoms with E-state index in [0.29, 0.717) is 22.6 Å². The molecule has 0 spiro atoms. The van der Waals surface area contributed by atoms with Crippen LogP contribution in [-0.4, -0.2) is 31.1 Å². The number of hydrogen-bond acceptors (Lipinski definition) is 7. The van der Waals surface area contributed by atoms with E-state index in [1.165, 1.54) is 31.7 Å². The summed E-state index contributed by atoms with van der Waals surface area (Å²) in [5, 5.41) is 6.74. The average molecular weight is 562 g/mol. The van der Waals surface area contributed by atoms with E-state index in [4.69, 9.17) is 13.9 Å². The van der Waals surface area contributed by atoms with Crippen molar-refractivity contribution in [1.29, 1.82) is 0 Å². The van der Waals surface area contributed by atoms with Crippen molar-refractivity contribution in [2.45, 2.75) is 0 Å². The first-order chi connectivity index (χ1) is 17.9. The lowest BCUT2D eigenvalue weighted by molar-refractivity contribution is 0.0700. The number of halogens is 1. The molecule has 0 saturated heterocycles. The van der Waals surface area contributed by atoms with Crippen LogP contribution in [0, 0.1) is 0 Å². The molecule has 0 unspecified atom stereocenters. The van der Waals surface area contributed by atoms with E-state index in [-0.39, 0.29) is 23.0 Å². The normalized spacial score (nSPS) is 10.6. The van der Waals surface area contributed by atoms with Crippen LogP contribution in [0.15, 0.2) is 99.1 Å². The van der Waals surface area contributed by atoms with Gasteiger partial charge in [-0.15, -0.1) is 0 Å². The molecule has 0 atom stereocenters. The molecule has 0 bridgehead atoms. The summed E-state index contributed by atoms with van der Waals surface area (Å²) in [5.41, 5.74) is 3.99. The fraction of sp³-hybridized carbons (Fsp3) is 0.0370. The molecule has 9 nitrogen and oxygen atoms in total. The molecule has 186 valence electrons. The van der Waals surface area contributed by atoms with Gasteiger partial charge >= 0.3 is 5.97 Å². The number of esters is 1. The standard InChI is InChI=1S/C27H20BrN3O6/c1-35-22-8-3-6-18(15-22)25(32)30-21-7-2-5-17(14-21)26(33)31-29-16-19-13-20(28)10-11-23(19)37-27(34)24-9-4-12-36-24/h2-16H,1H3,(H,30,32)(H,31,33). The highest BCUT2D eigenvalue weighted by Crippen LogP contribution is 2.23. The van der Waals surface area contributed by atoms with E-state index in [2.05, 4.69) is 31.8 Å². The van der Waals surface area contributed by atoms with Crippen LogP contribution in [0.2, 0.25) is 0 Å². The number of anilines is 1. The fourth-order valence-electron chi connectivity index (χ4n) is 3.19. The number of amides is 2. The number of carbonyl (C=O) groups is 3. The third kappa shape index (κ3) is 6.71. The zero-order valence-electron chi connectivity index (χ0n) is 19.4. The molecule has 37 heavy (non-hydrogen) atoms. The predicted molar refractivity (Wildman–Crippen MR) is 140 cm³/mol. The zero-order chi connectivity index (χ0) is 26.2. The lowest BCUT2D eigenvalue weighted by Gasteiger charge is -2.08. The Labute approximate surface area is 220 Å². The number of methoxy groups -OCH3 is 1. The van der Waals surface area contributed by atoms with Crippen molar-refractivity contribution in [3.8, 4) is 11.5 Å². The van der Waals surface area contributed by atoms with E-state index in [1.54, 1.807) is 66.7 Å². The third-order valence-corrected chi connectivity index (χ3v) is 5.47. The lowest BCUT2D eigenvalue weighted by atomic mass is 10.1. The van der Waals surface area contributed by atoms with Crippen molar-refractivity contribution >= 4 is 45.6 Å². The molecule has 4 aromatic rings. The van der Waals surface area contributed by atoms with Crippen LogP contribution >= 0.6 is 15.9 Å². The van der Waals surface area contributed by atoms with Gasteiger partial charge in [0.25, 0.3) is 11.8 Å². The third-order valence-electron chi connectivity index (χ3n) is 4.98. The van der Waals surface area contributed by atoms with Gasteiger partial charge in [-0.25, -0.2) is 10.2 Å². The quantitative estimate of drug-likeness (QED) is 0.131. The van der Waals surface area contributed by atoms with Gasteiger partial charge in [-0.2, -0.15) is 5.10 Å². The smallest absolute Gasteiger partial charge is 0.379 e. The second kappa shape index (κ2) is 11.8. The Morgan fingerprint density at radius 1 is 0.919 bits per heavy atom. The summed E-state index contributed by atoms with van der Waals surface area (Å²) in [6.45, 7) is 0. The number of nitrogens with zero attached hydrogens (tertiary/aromatic N) is 1. The summed E-state index contributed by atoms with van der Waals surface area (Å²) in [4.78, 5) is 37.4. The lowest BCUT2D eigenvalue weighted by Crippen LogP contribution is -2.18. The molecular formula is C27H20BrN3O6. The largest absolute Gasteiger partial charge is 0.497 e.